The van der Waals surface area contributed by atoms with E-state index in [2.05, 4.69) is 5.32 Å². The van der Waals surface area contributed by atoms with Crippen LogP contribution in [0.5, 0.6) is 0 Å². The maximum Gasteiger partial charge on any atom is 0.232 e. The van der Waals surface area contributed by atoms with Crippen LogP contribution in [0.4, 0.5) is 5.69 Å². The van der Waals surface area contributed by atoms with Crippen molar-refractivity contribution >= 4 is 34.8 Å². The number of hydrogen-bond acceptors (Lipinski definition) is 1. The Morgan fingerprint density at radius 1 is 1.05 bits per heavy atom. The number of nitrogens with one attached hydrogen (secondary N) is 1. The molecule has 2 aromatic rings. The molecule has 1 heterocycles. The summed E-state index contributed by atoms with van der Waals surface area (Å²) in [7, 11) is 0. The zero-order valence-corrected chi connectivity index (χ0v) is 11.5. The van der Waals surface area contributed by atoms with E-state index in [1.807, 2.05) is 36.4 Å². The molecule has 0 radical (unpaired) electrons. The van der Waals surface area contributed by atoms with Crippen molar-refractivity contribution in [1.82, 2.24) is 0 Å². The predicted molar refractivity (Wildman–Crippen MR) is 78.0 cm³/mol. The van der Waals surface area contributed by atoms with Gasteiger partial charge in [-0.15, -0.1) is 0 Å². The van der Waals surface area contributed by atoms with Crippen molar-refractivity contribution in [2.45, 2.75) is 12.3 Å². The smallest absolute Gasteiger partial charge is 0.232 e. The quantitative estimate of drug-likeness (QED) is 0.879. The zero-order valence-electron chi connectivity index (χ0n) is 9.99. The normalized spacial score (nSPS) is 17.2. The largest absolute Gasteiger partial charge is 0.325 e. The summed E-state index contributed by atoms with van der Waals surface area (Å²) in [5.41, 5.74) is 2.86. The second-order valence-electron chi connectivity index (χ2n) is 4.61. The highest BCUT2D eigenvalue weighted by molar-refractivity contribution is 6.31. The maximum absolute atomic E-state index is 12.0. The van der Waals surface area contributed by atoms with Gasteiger partial charge in [-0.05, 0) is 41.8 Å². The Kier molecular flexibility index (Phi) is 3.21. The number of amides is 1. The van der Waals surface area contributed by atoms with Crippen molar-refractivity contribution in [2.24, 2.45) is 0 Å². The van der Waals surface area contributed by atoms with Crippen molar-refractivity contribution in [3.63, 3.8) is 0 Å². The number of rotatable bonds is 2. The topological polar surface area (TPSA) is 29.1 Å². The fourth-order valence-electron chi connectivity index (χ4n) is 2.40. The van der Waals surface area contributed by atoms with Gasteiger partial charge in [0.1, 0.15) is 0 Å². The third-order valence-electron chi connectivity index (χ3n) is 3.29. The molecule has 2 nitrogen and oxygen atoms in total. The number of halogens is 2. The lowest BCUT2D eigenvalue weighted by atomic mass is 9.93. The highest BCUT2D eigenvalue weighted by Crippen LogP contribution is 2.36. The van der Waals surface area contributed by atoms with Gasteiger partial charge in [-0.2, -0.15) is 0 Å². The van der Waals surface area contributed by atoms with Gasteiger partial charge in [0.2, 0.25) is 5.91 Å². The minimum atomic E-state index is -0.175. The summed E-state index contributed by atoms with van der Waals surface area (Å²) in [5.74, 6) is -0.164. The standard InChI is InChI=1S/C15H11Cl2NO/c16-10-3-1-2-9(6-10)7-13-12-5-4-11(17)8-14(12)18-15(13)19/h1-6,8,13H,7H2,(H,18,19)/t13-/m1/s1. The van der Waals surface area contributed by atoms with Crippen LogP contribution in [0.25, 0.3) is 0 Å². The van der Waals surface area contributed by atoms with Crippen LogP contribution >= 0.6 is 23.2 Å². The highest BCUT2D eigenvalue weighted by atomic mass is 35.5. The number of carbonyl (C=O) groups is 1. The maximum atomic E-state index is 12.0. The minimum Gasteiger partial charge on any atom is -0.325 e. The van der Waals surface area contributed by atoms with E-state index in [1.54, 1.807) is 6.07 Å². The predicted octanol–water partition coefficient (Wildman–Crippen LogP) is 4.27. The lowest BCUT2D eigenvalue weighted by molar-refractivity contribution is -0.117. The van der Waals surface area contributed by atoms with Gasteiger partial charge < -0.3 is 5.32 Å². The molecule has 0 unspecified atom stereocenters. The fraction of sp³-hybridized carbons (Fsp3) is 0.133. The third kappa shape index (κ3) is 2.46. The molecule has 2 aromatic carbocycles. The number of anilines is 1. The molecule has 4 heteroatoms. The summed E-state index contributed by atoms with van der Waals surface area (Å²) in [6, 6.07) is 13.1. The van der Waals surface area contributed by atoms with Crippen molar-refractivity contribution in [1.29, 1.82) is 0 Å². The van der Waals surface area contributed by atoms with E-state index >= 15 is 0 Å². The molecule has 96 valence electrons. The van der Waals surface area contributed by atoms with Crippen LogP contribution in [0, 0.1) is 0 Å². The molecule has 1 N–H and O–H groups in total. The molecule has 0 spiro atoms. The molecular formula is C15H11Cl2NO. The summed E-state index contributed by atoms with van der Waals surface area (Å²) in [5, 5.41) is 4.18. The molecule has 1 atom stereocenters. The number of benzene rings is 2. The van der Waals surface area contributed by atoms with Crippen LogP contribution < -0.4 is 5.32 Å². The lowest BCUT2D eigenvalue weighted by Crippen LogP contribution is -2.14. The van der Waals surface area contributed by atoms with Crippen LogP contribution in [-0.2, 0) is 11.2 Å². The van der Waals surface area contributed by atoms with E-state index in [0.29, 0.717) is 16.5 Å². The molecule has 0 bridgehead atoms. The average Bonchev–Trinajstić information content (AvgIpc) is 2.65. The SMILES string of the molecule is O=C1Nc2cc(Cl)ccc2[C@H]1Cc1cccc(Cl)c1. The molecule has 0 fully saturated rings. The van der Waals surface area contributed by atoms with Crippen molar-refractivity contribution in [3.05, 3.63) is 63.6 Å². The first kappa shape index (κ1) is 12.5. The third-order valence-corrected chi connectivity index (χ3v) is 3.76. The molecule has 3 rings (SSSR count). The van der Waals surface area contributed by atoms with Crippen LogP contribution in [0.15, 0.2) is 42.5 Å². The molecular weight excluding hydrogens is 281 g/mol. The zero-order chi connectivity index (χ0) is 13.4. The number of carbonyl (C=O) groups excluding carboxylic acids is 1. The summed E-state index contributed by atoms with van der Waals surface area (Å²) in [4.78, 5) is 12.0. The Balaban J connectivity index is 1.92. The molecule has 1 aliphatic rings. The van der Waals surface area contributed by atoms with Crippen LogP contribution in [0.3, 0.4) is 0 Å². The van der Waals surface area contributed by atoms with E-state index in [1.165, 1.54) is 0 Å². The van der Waals surface area contributed by atoms with Crippen LogP contribution in [0.2, 0.25) is 10.0 Å². The van der Waals surface area contributed by atoms with Gasteiger partial charge in [-0.25, -0.2) is 0 Å². The van der Waals surface area contributed by atoms with Gasteiger partial charge in [0.05, 0.1) is 5.92 Å². The molecule has 19 heavy (non-hydrogen) atoms. The van der Waals surface area contributed by atoms with Gasteiger partial charge in [-0.3, -0.25) is 4.79 Å². The second-order valence-corrected chi connectivity index (χ2v) is 5.48. The summed E-state index contributed by atoms with van der Waals surface area (Å²) >= 11 is 11.9. The Morgan fingerprint density at radius 2 is 1.84 bits per heavy atom. The monoisotopic (exact) mass is 291 g/mol. The van der Waals surface area contributed by atoms with E-state index in [9.17, 15) is 4.79 Å². The average molecular weight is 292 g/mol. The van der Waals surface area contributed by atoms with E-state index < -0.39 is 0 Å². The van der Waals surface area contributed by atoms with Crippen molar-refractivity contribution < 1.29 is 4.79 Å². The number of fused-ring (bicyclic) bond motifs is 1. The summed E-state index contributed by atoms with van der Waals surface area (Å²) in [6.45, 7) is 0. The minimum absolute atomic E-state index is 0.0113. The van der Waals surface area contributed by atoms with Crippen LogP contribution in [-0.4, -0.2) is 5.91 Å². The van der Waals surface area contributed by atoms with E-state index in [4.69, 9.17) is 23.2 Å². The second kappa shape index (κ2) is 4.87. The first-order valence-electron chi connectivity index (χ1n) is 5.98. The first-order chi connectivity index (χ1) is 9.13. The first-order valence-corrected chi connectivity index (χ1v) is 6.74. The van der Waals surface area contributed by atoms with Gasteiger partial charge in [0, 0.05) is 15.7 Å². The lowest BCUT2D eigenvalue weighted by Gasteiger charge is -2.09. The Hall–Kier alpha value is -1.51. The number of hydrogen-bond donors (Lipinski definition) is 1. The molecule has 1 amide bonds. The summed E-state index contributed by atoms with van der Waals surface area (Å²) < 4.78 is 0. The van der Waals surface area contributed by atoms with Crippen LogP contribution in [0.1, 0.15) is 17.0 Å². The summed E-state index contributed by atoms with van der Waals surface area (Å²) in [6.07, 6.45) is 0.640. The fourth-order valence-corrected chi connectivity index (χ4v) is 2.79. The van der Waals surface area contributed by atoms with Crippen molar-refractivity contribution in [3.8, 4) is 0 Å². The van der Waals surface area contributed by atoms with Gasteiger partial charge in [0.25, 0.3) is 0 Å². The van der Waals surface area contributed by atoms with Gasteiger partial charge in [0.15, 0.2) is 0 Å². The Bertz CT molecular complexity index is 654. The van der Waals surface area contributed by atoms with Crippen molar-refractivity contribution in [2.75, 3.05) is 5.32 Å². The van der Waals surface area contributed by atoms with E-state index in [-0.39, 0.29) is 11.8 Å². The Morgan fingerprint density at radius 3 is 2.63 bits per heavy atom. The molecule has 0 saturated carbocycles. The molecule has 0 saturated heterocycles. The van der Waals surface area contributed by atoms with Gasteiger partial charge >= 0.3 is 0 Å². The van der Waals surface area contributed by atoms with Gasteiger partial charge in [-0.1, -0.05) is 41.4 Å². The molecule has 1 aliphatic heterocycles. The highest BCUT2D eigenvalue weighted by Gasteiger charge is 2.30. The molecule has 0 aliphatic carbocycles. The Labute approximate surface area is 121 Å². The molecule has 0 aromatic heterocycles. The van der Waals surface area contributed by atoms with E-state index in [0.717, 1.165) is 16.8 Å².